The van der Waals surface area contributed by atoms with Crippen LogP contribution < -0.4 is 5.32 Å². The number of Topliss-reactive ketones (excluding diaryl/α,β-unsaturated/α-hetero) is 1. The van der Waals surface area contributed by atoms with Crippen LogP contribution in [-0.2, 0) is 9.59 Å². The number of hydrogen-bond acceptors (Lipinski definition) is 2. The quantitative estimate of drug-likeness (QED) is 0.619. The largest absolute Gasteiger partial charge is 0.345 e. The maximum absolute atomic E-state index is 13.2. The Morgan fingerprint density at radius 3 is 2.28 bits per heavy atom. The Morgan fingerprint density at radius 1 is 1.12 bits per heavy atom. The number of amides is 1. The summed E-state index contributed by atoms with van der Waals surface area (Å²) in [7, 11) is 0. The Morgan fingerprint density at radius 2 is 1.72 bits per heavy atom. The van der Waals surface area contributed by atoms with E-state index in [4.69, 9.17) is 11.6 Å². The first kappa shape index (κ1) is 18.6. The van der Waals surface area contributed by atoms with Crippen LogP contribution in [0.25, 0.3) is 11.6 Å². The Balaban J connectivity index is 2.33. The highest BCUT2D eigenvalue weighted by atomic mass is 35.5. The highest BCUT2D eigenvalue weighted by Crippen LogP contribution is 2.21. The number of carbonyl (C=O) groups is 2. The molecule has 0 heterocycles. The third-order valence-electron chi connectivity index (χ3n) is 3.43. The topological polar surface area (TPSA) is 46.2 Å². The van der Waals surface area contributed by atoms with Crippen LogP contribution in [0.3, 0.4) is 0 Å². The van der Waals surface area contributed by atoms with Crippen LogP contribution >= 0.6 is 11.6 Å². The zero-order valence-electron chi connectivity index (χ0n) is 13.7. The van der Waals surface area contributed by atoms with Gasteiger partial charge in [0.2, 0.25) is 5.91 Å². The number of halogens is 2. The van der Waals surface area contributed by atoms with Crippen molar-refractivity contribution in [3.8, 4) is 0 Å². The molecule has 0 aliphatic heterocycles. The van der Waals surface area contributed by atoms with Crippen molar-refractivity contribution in [1.82, 2.24) is 5.32 Å². The average Bonchev–Trinajstić information content (AvgIpc) is 2.59. The maximum Gasteiger partial charge on any atom is 0.246 e. The smallest absolute Gasteiger partial charge is 0.246 e. The lowest BCUT2D eigenvalue weighted by molar-refractivity contribution is -0.120. The van der Waals surface area contributed by atoms with Crippen molar-refractivity contribution in [3.63, 3.8) is 0 Å². The van der Waals surface area contributed by atoms with Crippen LogP contribution in [0.15, 0.2) is 60.7 Å². The van der Waals surface area contributed by atoms with Gasteiger partial charge in [0.15, 0.2) is 5.78 Å². The standard InChI is InChI=1S/C20H17ClFNO2/c1-13(2)20(25)23-12-19(24)18(15-5-9-17(22)10-6-15)11-14-3-7-16(21)8-4-14/h3-11H,1,12H2,2H3,(H,23,25). The van der Waals surface area contributed by atoms with Crippen molar-refractivity contribution in [3.05, 3.63) is 82.6 Å². The highest BCUT2D eigenvalue weighted by molar-refractivity contribution is 6.30. The lowest BCUT2D eigenvalue weighted by atomic mass is 9.98. The Labute approximate surface area is 150 Å². The minimum Gasteiger partial charge on any atom is -0.345 e. The minimum atomic E-state index is -0.391. The lowest BCUT2D eigenvalue weighted by Crippen LogP contribution is -2.30. The molecule has 0 aliphatic carbocycles. The van der Waals surface area contributed by atoms with E-state index < -0.39 is 11.7 Å². The van der Waals surface area contributed by atoms with Gasteiger partial charge in [0, 0.05) is 16.2 Å². The Hall–Kier alpha value is -2.72. The molecule has 0 aromatic heterocycles. The van der Waals surface area contributed by atoms with Gasteiger partial charge in [-0.05, 0) is 48.4 Å². The van der Waals surface area contributed by atoms with E-state index in [0.29, 0.717) is 21.7 Å². The number of benzene rings is 2. The summed E-state index contributed by atoms with van der Waals surface area (Å²) in [6, 6.07) is 12.6. The first-order chi connectivity index (χ1) is 11.9. The fraction of sp³-hybridized carbons (Fsp3) is 0.100. The van der Waals surface area contributed by atoms with Crippen molar-refractivity contribution in [2.45, 2.75) is 6.92 Å². The van der Waals surface area contributed by atoms with Crippen LogP contribution in [0.1, 0.15) is 18.1 Å². The number of hydrogen-bond donors (Lipinski definition) is 1. The first-order valence-electron chi connectivity index (χ1n) is 7.57. The third-order valence-corrected chi connectivity index (χ3v) is 3.69. The molecule has 2 aromatic carbocycles. The van der Waals surface area contributed by atoms with E-state index in [0.717, 1.165) is 5.56 Å². The van der Waals surface area contributed by atoms with Gasteiger partial charge in [-0.2, -0.15) is 0 Å². The van der Waals surface area contributed by atoms with Gasteiger partial charge < -0.3 is 5.32 Å². The fourth-order valence-electron chi connectivity index (χ4n) is 2.09. The normalized spacial score (nSPS) is 11.1. The summed E-state index contributed by atoms with van der Waals surface area (Å²) in [5, 5.41) is 3.10. The number of nitrogens with one attached hydrogen (secondary N) is 1. The summed E-state index contributed by atoms with van der Waals surface area (Å²) in [5.41, 5.74) is 2.01. The monoisotopic (exact) mass is 357 g/mol. The van der Waals surface area contributed by atoms with Crippen molar-refractivity contribution in [2.24, 2.45) is 0 Å². The maximum atomic E-state index is 13.2. The molecule has 2 rings (SSSR count). The molecule has 5 heteroatoms. The first-order valence-corrected chi connectivity index (χ1v) is 7.94. The molecule has 128 valence electrons. The minimum absolute atomic E-state index is 0.178. The summed E-state index contributed by atoms with van der Waals surface area (Å²) in [6.07, 6.45) is 1.68. The second-order valence-corrected chi connectivity index (χ2v) is 5.94. The van der Waals surface area contributed by atoms with Crippen LogP contribution in [0.4, 0.5) is 4.39 Å². The van der Waals surface area contributed by atoms with Gasteiger partial charge in [0.25, 0.3) is 0 Å². The SMILES string of the molecule is C=C(C)C(=O)NCC(=O)C(=Cc1ccc(Cl)cc1)c1ccc(F)cc1. The molecule has 3 nitrogen and oxygen atoms in total. The van der Waals surface area contributed by atoms with E-state index in [2.05, 4.69) is 11.9 Å². The molecule has 0 spiro atoms. The number of carbonyl (C=O) groups excluding carboxylic acids is 2. The van der Waals surface area contributed by atoms with Crippen molar-refractivity contribution in [1.29, 1.82) is 0 Å². The van der Waals surface area contributed by atoms with Gasteiger partial charge >= 0.3 is 0 Å². The molecule has 25 heavy (non-hydrogen) atoms. The van der Waals surface area contributed by atoms with E-state index in [1.165, 1.54) is 24.3 Å². The summed E-state index contributed by atoms with van der Waals surface area (Å²) < 4.78 is 13.2. The highest BCUT2D eigenvalue weighted by Gasteiger charge is 2.14. The second kappa shape index (κ2) is 8.40. The van der Waals surface area contributed by atoms with Crippen LogP contribution in [0, 0.1) is 5.82 Å². The van der Waals surface area contributed by atoms with Gasteiger partial charge in [-0.1, -0.05) is 42.4 Å². The van der Waals surface area contributed by atoms with Gasteiger partial charge in [-0.25, -0.2) is 4.39 Å². The van der Waals surface area contributed by atoms with Crippen molar-refractivity contribution < 1.29 is 14.0 Å². The fourth-order valence-corrected chi connectivity index (χ4v) is 2.21. The van der Waals surface area contributed by atoms with Crippen LogP contribution in [0.2, 0.25) is 5.02 Å². The van der Waals surface area contributed by atoms with Gasteiger partial charge in [0.1, 0.15) is 5.82 Å². The predicted molar refractivity (Wildman–Crippen MR) is 98.6 cm³/mol. The van der Waals surface area contributed by atoms with E-state index in [-0.39, 0.29) is 12.3 Å². The molecule has 1 N–H and O–H groups in total. The van der Waals surface area contributed by atoms with Crippen molar-refractivity contribution in [2.75, 3.05) is 6.54 Å². The van der Waals surface area contributed by atoms with Gasteiger partial charge in [-0.15, -0.1) is 0 Å². The molecule has 0 radical (unpaired) electrons. The van der Waals surface area contributed by atoms with E-state index in [1.54, 1.807) is 37.3 Å². The summed E-state index contributed by atoms with van der Waals surface area (Å²) in [6.45, 7) is 4.91. The summed E-state index contributed by atoms with van der Waals surface area (Å²) in [4.78, 5) is 24.2. The van der Waals surface area contributed by atoms with Gasteiger partial charge in [0.05, 0.1) is 6.54 Å². The molecule has 0 fully saturated rings. The summed E-state index contributed by atoms with van der Waals surface area (Å²) >= 11 is 5.87. The van der Waals surface area contributed by atoms with E-state index >= 15 is 0 Å². The molecule has 0 unspecified atom stereocenters. The Bertz CT molecular complexity index is 824. The molecule has 0 saturated carbocycles. The molecular weight excluding hydrogens is 341 g/mol. The average molecular weight is 358 g/mol. The molecule has 0 saturated heterocycles. The molecular formula is C20H17ClFNO2. The molecule has 1 amide bonds. The molecule has 2 aromatic rings. The second-order valence-electron chi connectivity index (χ2n) is 5.50. The summed E-state index contributed by atoms with van der Waals surface area (Å²) in [5.74, 6) is -1.08. The predicted octanol–water partition coefficient (Wildman–Crippen LogP) is 4.28. The van der Waals surface area contributed by atoms with Crippen LogP contribution in [0.5, 0.6) is 0 Å². The molecule has 0 aliphatic rings. The Kier molecular flexibility index (Phi) is 6.25. The van der Waals surface area contributed by atoms with Gasteiger partial charge in [-0.3, -0.25) is 9.59 Å². The lowest BCUT2D eigenvalue weighted by Gasteiger charge is -2.09. The molecule has 0 atom stereocenters. The van der Waals surface area contributed by atoms with E-state index in [9.17, 15) is 14.0 Å². The molecule has 0 bridgehead atoms. The van der Waals surface area contributed by atoms with E-state index in [1.807, 2.05) is 0 Å². The zero-order chi connectivity index (χ0) is 18.4. The number of rotatable bonds is 6. The third kappa shape index (κ3) is 5.40. The number of ketones is 1. The zero-order valence-corrected chi connectivity index (χ0v) is 14.4. The van der Waals surface area contributed by atoms with Crippen molar-refractivity contribution >= 4 is 34.9 Å². The van der Waals surface area contributed by atoms with Crippen LogP contribution in [-0.4, -0.2) is 18.2 Å².